The molecule has 0 atom stereocenters. The summed E-state index contributed by atoms with van der Waals surface area (Å²) < 4.78 is 0.995. The van der Waals surface area contributed by atoms with E-state index < -0.39 is 0 Å². The Labute approximate surface area is 129 Å². The Morgan fingerprint density at radius 1 is 1.15 bits per heavy atom. The number of rotatable bonds is 3. The van der Waals surface area contributed by atoms with E-state index in [-0.39, 0.29) is 11.0 Å². The Morgan fingerprint density at radius 3 is 2.50 bits per heavy atom. The lowest BCUT2D eigenvalue weighted by Crippen LogP contribution is -2.36. The van der Waals surface area contributed by atoms with Crippen LogP contribution in [-0.2, 0) is 0 Å². The average molecular weight is 336 g/mol. The maximum absolute atomic E-state index is 4.62. The lowest BCUT2D eigenvalue weighted by Gasteiger charge is -2.33. The maximum atomic E-state index is 4.62. The third kappa shape index (κ3) is 3.92. The number of aromatic nitrogens is 2. The van der Waals surface area contributed by atoms with Gasteiger partial charge in [-0.25, -0.2) is 9.97 Å². The first kappa shape index (κ1) is 15.2. The second-order valence-corrected chi connectivity index (χ2v) is 7.97. The first-order chi connectivity index (χ1) is 9.16. The molecule has 2 rings (SSSR count). The monoisotopic (exact) mass is 335 g/mol. The lowest BCUT2D eigenvalue weighted by molar-refractivity contribution is 0.301. The summed E-state index contributed by atoms with van der Waals surface area (Å²) in [6, 6.07) is 6.01. The summed E-state index contributed by atoms with van der Waals surface area (Å²) in [6.07, 6.45) is 2.90. The van der Waals surface area contributed by atoms with E-state index in [1.165, 1.54) is 0 Å². The van der Waals surface area contributed by atoms with Gasteiger partial charge in [-0.1, -0.05) is 32.9 Å². The number of nitrogens with zero attached hydrogens (tertiary/aromatic N) is 2. The number of fused-ring (bicyclic) bond motifs is 1. The summed E-state index contributed by atoms with van der Waals surface area (Å²) in [7, 11) is 0. The predicted molar refractivity (Wildman–Crippen MR) is 89.0 cm³/mol. The highest BCUT2D eigenvalue weighted by Gasteiger charge is 2.26. The molecule has 0 fully saturated rings. The first-order valence-corrected chi connectivity index (χ1v) is 7.65. The van der Waals surface area contributed by atoms with Crippen molar-refractivity contribution >= 4 is 32.8 Å². The fourth-order valence-corrected chi connectivity index (χ4v) is 3.22. The minimum absolute atomic E-state index is 0.0484. The van der Waals surface area contributed by atoms with E-state index in [0.29, 0.717) is 5.95 Å². The van der Waals surface area contributed by atoms with Crippen molar-refractivity contribution in [1.29, 1.82) is 0 Å². The summed E-state index contributed by atoms with van der Waals surface area (Å²) in [5, 5.41) is 4.49. The molecule has 1 aromatic carbocycles. The van der Waals surface area contributed by atoms with Gasteiger partial charge in [0.2, 0.25) is 5.95 Å². The van der Waals surface area contributed by atoms with E-state index in [1.54, 1.807) is 0 Å². The van der Waals surface area contributed by atoms with Crippen LogP contribution in [0.25, 0.3) is 10.9 Å². The molecule has 0 aliphatic heterocycles. The van der Waals surface area contributed by atoms with E-state index in [9.17, 15) is 0 Å². The fourth-order valence-electron chi connectivity index (χ4n) is 2.75. The molecule has 108 valence electrons. The van der Waals surface area contributed by atoms with Crippen LogP contribution < -0.4 is 5.32 Å². The van der Waals surface area contributed by atoms with E-state index in [0.717, 1.165) is 21.8 Å². The van der Waals surface area contributed by atoms with Gasteiger partial charge in [0.1, 0.15) is 0 Å². The second-order valence-electron chi connectivity index (χ2n) is 7.12. The van der Waals surface area contributed by atoms with Crippen LogP contribution in [0.5, 0.6) is 0 Å². The molecule has 0 spiro atoms. The van der Waals surface area contributed by atoms with Crippen LogP contribution in [0.2, 0.25) is 0 Å². The quantitative estimate of drug-likeness (QED) is 0.855. The minimum atomic E-state index is -0.0484. The van der Waals surface area contributed by atoms with Crippen molar-refractivity contribution in [2.45, 2.75) is 46.6 Å². The Hall–Kier alpha value is -1.16. The van der Waals surface area contributed by atoms with Crippen LogP contribution in [0.4, 0.5) is 5.95 Å². The number of nitrogens with one attached hydrogen (secondary N) is 1. The molecular formula is C16H22BrN3. The highest BCUT2D eigenvalue weighted by atomic mass is 79.9. The smallest absolute Gasteiger partial charge is 0.223 e. The molecule has 1 aromatic heterocycles. The zero-order chi connectivity index (χ0) is 15.0. The van der Waals surface area contributed by atoms with Crippen LogP contribution in [0, 0.1) is 5.41 Å². The van der Waals surface area contributed by atoms with E-state index >= 15 is 0 Å². The van der Waals surface area contributed by atoms with Crippen molar-refractivity contribution in [2.75, 3.05) is 5.32 Å². The van der Waals surface area contributed by atoms with Crippen molar-refractivity contribution in [3.63, 3.8) is 0 Å². The summed E-state index contributed by atoms with van der Waals surface area (Å²) in [5.74, 6) is 0.679. The van der Waals surface area contributed by atoms with Gasteiger partial charge in [-0.2, -0.15) is 0 Å². The topological polar surface area (TPSA) is 37.8 Å². The molecule has 1 N–H and O–H groups in total. The number of para-hydroxylation sites is 1. The highest BCUT2D eigenvalue weighted by Crippen LogP contribution is 2.29. The standard InChI is InChI=1S/C16H22BrN3/c1-15(2,3)10-16(4,5)20-14-18-9-11-7-6-8-12(17)13(11)19-14/h6-9H,10H2,1-5H3,(H,18,19,20). The van der Waals surface area contributed by atoms with Crippen molar-refractivity contribution in [3.05, 3.63) is 28.9 Å². The number of halogens is 1. The molecule has 4 heteroatoms. The molecule has 0 unspecified atom stereocenters. The third-order valence-corrected chi connectivity index (χ3v) is 3.62. The summed E-state index contributed by atoms with van der Waals surface area (Å²) >= 11 is 3.54. The number of hydrogen-bond donors (Lipinski definition) is 1. The Bertz CT molecular complexity index is 615. The van der Waals surface area contributed by atoms with Gasteiger partial charge in [0.05, 0.1) is 5.52 Å². The maximum Gasteiger partial charge on any atom is 0.223 e. The zero-order valence-corrected chi connectivity index (χ0v) is 14.4. The normalized spacial score (nSPS) is 12.7. The van der Waals surface area contributed by atoms with Gasteiger partial charge in [0.15, 0.2) is 0 Å². The van der Waals surface area contributed by atoms with E-state index in [2.05, 4.69) is 65.8 Å². The second kappa shape index (κ2) is 5.32. The van der Waals surface area contributed by atoms with Gasteiger partial charge in [-0.05, 0) is 47.7 Å². The minimum Gasteiger partial charge on any atom is -0.349 e. The lowest BCUT2D eigenvalue weighted by atomic mass is 9.82. The molecule has 0 amide bonds. The molecule has 1 heterocycles. The molecule has 0 saturated carbocycles. The SMILES string of the molecule is CC(C)(C)CC(C)(C)Nc1ncc2cccc(Br)c2n1. The molecule has 0 bridgehead atoms. The zero-order valence-electron chi connectivity index (χ0n) is 12.8. The Balaban J connectivity index is 2.28. The average Bonchev–Trinajstić information content (AvgIpc) is 2.26. The third-order valence-electron chi connectivity index (χ3n) is 2.98. The molecule has 0 radical (unpaired) electrons. The van der Waals surface area contributed by atoms with Crippen molar-refractivity contribution in [3.8, 4) is 0 Å². The number of anilines is 1. The van der Waals surface area contributed by atoms with Gasteiger partial charge < -0.3 is 5.32 Å². The fraction of sp³-hybridized carbons (Fsp3) is 0.500. The van der Waals surface area contributed by atoms with Gasteiger partial charge in [0.25, 0.3) is 0 Å². The molecule has 0 saturated heterocycles. The Kier molecular flexibility index (Phi) is 4.05. The number of benzene rings is 1. The van der Waals surface area contributed by atoms with Crippen molar-refractivity contribution in [2.24, 2.45) is 5.41 Å². The van der Waals surface area contributed by atoms with Gasteiger partial charge in [-0.15, -0.1) is 0 Å². The Morgan fingerprint density at radius 2 is 1.85 bits per heavy atom. The van der Waals surface area contributed by atoms with E-state index in [1.807, 2.05) is 24.4 Å². The molecule has 2 aromatic rings. The van der Waals surface area contributed by atoms with Gasteiger partial charge in [0, 0.05) is 21.6 Å². The van der Waals surface area contributed by atoms with Crippen LogP contribution in [-0.4, -0.2) is 15.5 Å². The van der Waals surface area contributed by atoms with Crippen LogP contribution in [0.1, 0.15) is 41.0 Å². The van der Waals surface area contributed by atoms with Gasteiger partial charge >= 0.3 is 0 Å². The van der Waals surface area contributed by atoms with Crippen molar-refractivity contribution < 1.29 is 0 Å². The van der Waals surface area contributed by atoms with Crippen LogP contribution in [0.3, 0.4) is 0 Å². The molecule has 3 nitrogen and oxygen atoms in total. The van der Waals surface area contributed by atoms with Crippen LogP contribution in [0.15, 0.2) is 28.9 Å². The number of hydrogen-bond acceptors (Lipinski definition) is 3. The van der Waals surface area contributed by atoms with E-state index in [4.69, 9.17) is 0 Å². The first-order valence-electron chi connectivity index (χ1n) is 6.86. The van der Waals surface area contributed by atoms with Crippen molar-refractivity contribution in [1.82, 2.24) is 9.97 Å². The largest absolute Gasteiger partial charge is 0.349 e. The summed E-state index contributed by atoms with van der Waals surface area (Å²) in [5.41, 5.74) is 1.15. The summed E-state index contributed by atoms with van der Waals surface area (Å²) in [4.78, 5) is 9.04. The predicted octanol–water partition coefficient (Wildman–Crippen LogP) is 5.02. The molecule has 0 aliphatic rings. The van der Waals surface area contributed by atoms with Crippen LogP contribution >= 0.6 is 15.9 Å². The van der Waals surface area contributed by atoms with Gasteiger partial charge in [-0.3, -0.25) is 0 Å². The molecule has 0 aliphatic carbocycles. The highest BCUT2D eigenvalue weighted by molar-refractivity contribution is 9.10. The molecular weight excluding hydrogens is 314 g/mol. The molecule has 20 heavy (non-hydrogen) atoms. The summed E-state index contributed by atoms with van der Waals surface area (Å²) in [6.45, 7) is 11.1.